The first-order chi connectivity index (χ1) is 9.70. The van der Waals surface area contributed by atoms with Gasteiger partial charge in [0.15, 0.2) is 0 Å². The Hall–Kier alpha value is -2.80. The first-order valence-electron chi connectivity index (χ1n) is 6.20. The second-order valence-corrected chi connectivity index (χ2v) is 4.33. The van der Waals surface area contributed by atoms with Gasteiger partial charge in [0.05, 0.1) is 18.6 Å². The molecule has 0 radical (unpaired) electrons. The fraction of sp³-hybridized carbons (Fsp3) is 0.125. The van der Waals surface area contributed by atoms with E-state index in [1.54, 1.807) is 6.07 Å². The van der Waals surface area contributed by atoms with E-state index in [1.807, 2.05) is 43.3 Å². The quantitative estimate of drug-likeness (QED) is 0.683. The summed E-state index contributed by atoms with van der Waals surface area (Å²) in [4.78, 5) is 12.1. The van der Waals surface area contributed by atoms with Gasteiger partial charge < -0.3 is 9.73 Å². The average molecular weight is 266 g/mol. The van der Waals surface area contributed by atoms with Crippen molar-refractivity contribution in [1.82, 2.24) is 5.32 Å². The SMILES string of the molecule is C[C@H](NC(=O)/C(C#N)=C\c1ccoc1)c1ccccc1. The third-order valence-electron chi connectivity index (χ3n) is 2.87. The molecular weight excluding hydrogens is 252 g/mol. The van der Waals surface area contributed by atoms with Crippen LogP contribution < -0.4 is 5.32 Å². The zero-order chi connectivity index (χ0) is 14.4. The molecule has 0 saturated heterocycles. The molecule has 0 saturated carbocycles. The van der Waals surface area contributed by atoms with Crippen molar-refractivity contribution in [3.8, 4) is 6.07 Å². The van der Waals surface area contributed by atoms with Gasteiger partial charge in [-0.1, -0.05) is 30.3 Å². The molecule has 20 heavy (non-hydrogen) atoms. The Morgan fingerprint density at radius 2 is 2.10 bits per heavy atom. The number of furan rings is 1. The smallest absolute Gasteiger partial charge is 0.262 e. The summed E-state index contributed by atoms with van der Waals surface area (Å²) in [5.41, 5.74) is 1.72. The highest BCUT2D eigenvalue weighted by Gasteiger charge is 2.13. The summed E-state index contributed by atoms with van der Waals surface area (Å²) in [6.45, 7) is 1.88. The summed E-state index contributed by atoms with van der Waals surface area (Å²) in [5.74, 6) is -0.398. The Morgan fingerprint density at radius 1 is 1.35 bits per heavy atom. The number of hydrogen-bond acceptors (Lipinski definition) is 3. The van der Waals surface area contributed by atoms with Crippen molar-refractivity contribution in [3.05, 3.63) is 65.6 Å². The average Bonchev–Trinajstić information content (AvgIpc) is 2.98. The van der Waals surface area contributed by atoms with Crippen molar-refractivity contribution in [3.63, 3.8) is 0 Å². The van der Waals surface area contributed by atoms with E-state index >= 15 is 0 Å². The number of carbonyl (C=O) groups is 1. The van der Waals surface area contributed by atoms with Gasteiger partial charge in [-0.15, -0.1) is 0 Å². The molecule has 1 aromatic carbocycles. The number of benzene rings is 1. The predicted molar refractivity (Wildman–Crippen MR) is 75.3 cm³/mol. The maximum atomic E-state index is 12.1. The number of nitrogens with zero attached hydrogens (tertiary/aromatic N) is 1. The predicted octanol–water partition coefficient (Wildman–Crippen LogP) is 3.06. The van der Waals surface area contributed by atoms with Crippen molar-refractivity contribution < 1.29 is 9.21 Å². The second-order valence-electron chi connectivity index (χ2n) is 4.33. The number of hydrogen-bond donors (Lipinski definition) is 1. The van der Waals surface area contributed by atoms with Crippen LogP contribution in [0.25, 0.3) is 6.08 Å². The molecule has 100 valence electrons. The van der Waals surface area contributed by atoms with E-state index in [9.17, 15) is 4.79 Å². The summed E-state index contributed by atoms with van der Waals surface area (Å²) in [6, 6.07) is 13.0. The molecule has 0 fully saturated rings. The van der Waals surface area contributed by atoms with Crippen LogP contribution in [0.15, 0.2) is 58.9 Å². The molecule has 1 heterocycles. The minimum absolute atomic E-state index is 0.0502. The van der Waals surface area contributed by atoms with Crippen molar-refractivity contribution >= 4 is 12.0 Å². The number of carbonyl (C=O) groups excluding carboxylic acids is 1. The van der Waals surface area contributed by atoms with Gasteiger partial charge in [-0.05, 0) is 24.6 Å². The molecule has 1 amide bonds. The minimum Gasteiger partial charge on any atom is -0.472 e. The molecule has 0 unspecified atom stereocenters. The summed E-state index contributed by atoms with van der Waals surface area (Å²) in [5, 5.41) is 11.9. The number of rotatable bonds is 4. The van der Waals surface area contributed by atoms with Crippen molar-refractivity contribution in [1.29, 1.82) is 5.26 Å². The van der Waals surface area contributed by atoms with Gasteiger partial charge in [-0.3, -0.25) is 4.79 Å². The Kier molecular flexibility index (Phi) is 4.35. The monoisotopic (exact) mass is 266 g/mol. The summed E-state index contributed by atoms with van der Waals surface area (Å²) in [7, 11) is 0. The van der Waals surface area contributed by atoms with Crippen LogP contribution >= 0.6 is 0 Å². The first-order valence-corrected chi connectivity index (χ1v) is 6.20. The van der Waals surface area contributed by atoms with Crippen LogP contribution in [0.2, 0.25) is 0 Å². The van der Waals surface area contributed by atoms with E-state index in [-0.39, 0.29) is 11.6 Å². The normalized spacial score (nSPS) is 12.5. The fourth-order valence-corrected chi connectivity index (χ4v) is 1.77. The van der Waals surface area contributed by atoms with Gasteiger partial charge in [0.25, 0.3) is 5.91 Å². The van der Waals surface area contributed by atoms with Crippen LogP contribution in [0.1, 0.15) is 24.1 Å². The Labute approximate surface area is 117 Å². The lowest BCUT2D eigenvalue weighted by Crippen LogP contribution is -2.27. The third kappa shape index (κ3) is 3.36. The molecule has 2 aromatic rings. The van der Waals surface area contributed by atoms with E-state index in [4.69, 9.17) is 9.68 Å². The number of nitriles is 1. The van der Waals surface area contributed by atoms with Crippen LogP contribution in [-0.2, 0) is 4.79 Å². The van der Waals surface area contributed by atoms with E-state index in [0.717, 1.165) is 5.56 Å². The summed E-state index contributed by atoms with van der Waals surface area (Å²) < 4.78 is 4.90. The van der Waals surface area contributed by atoms with Gasteiger partial charge in [-0.2, -0.15) is 5.26 Å². The molecule has 1 aromatic heterocycles. The Morgan fingerprint density at radius 3 is 2.70 bits per heavy atom. The zero-order valence-electron chi connectivity index (χ0n) is 11.0. The lowest BCUT2D eigenvalue weighted by atomic mass is 10.1. The second kappa shape index (κ2) is 6.39. The van der Waals surface area contributed by atoms with E-state index in [1.165, 1.54) is 18.6 Å². The maximum absolute atomic E-state index is 12.1. The molecule has 1 N–H and O–H groups in total. The van der Waals surface area contributed by atoms with Crippen LogP contribution in [0, 0.1) is 11.3 Å². The molecule has 0 spiro atoms. The van der Waals surface area contributed by atoms with Crippen molar-refractivity contribution in [2.45, 2.75) is 13.0 Å². The van der Waals surface area contributed by atoms with Crippen LogP contribution in [0.5, 0.6) is 0 Å². The Bertz CT molecular complexity index is 637. The molecular formula is C16H14N2O2. The number of amides is 1. The standard InChI is InChI=1S/C16H14N2O2/c1-12(14-5-3-2-4-6-14)18-16(19)15(10-17)9-13-7-8-20-11-13/h2-9,11-12H,1H3,(H,18,19)/b15-9-/t12-/m0/s1. The van der Waals surface area contributed by atoms with Gasteiger partial charge >= 0.3 is 0 Å². The molecule has 0 aliphatic rings. The Balaban J connectivity index is 2.09. The van der Waals surface area contributed by atoms with Gasteiger partial charge in [0, 0.05) is 5.56 Å². The maximum Gasteiger partial charge on any atom is 0.262 e. The largest absolute Gasteiger partial charge is 0.472 e. The summed E-state index contributed by atoms with van der Waals surface area (Å²) >= 11 is 0. The third-order valence-corrected chi connectivity index (χ3v) is 2.87. The highest BCUT2D eigenvalue weighted by molar-refractivity contribution is 6.01. The molecule has 0 aliphatic carbocycles. The van der Waals surface area contributed by atoms with E-state index < -0.39 is 5.91 Å². The molecule has 0 aliphatic heterocycles. The highest BCUT2D eigenvalue weighted by Crippen LogP contribution is 2.13. The molecule has 4 nitrogen and oxygen atoms in total. The first kappa shape index (κ1) is 13.6. The van der Waals surface area contributed by atoms with Gasteiger partial charge in [0.2, 0.25) is 0 Å². The van der Waals surface area contributed by atoms with Crippen LogP contribution in [0.3, 0.4) is 0 Å². The van der Waals surface area contributed by atoms with E-state index in [0.29, 0.717) is 5.56 Å². The van der Waals surface area contributed by atoms with Gasteiger partial charge in [0.1, 0.15) is 11.6 Å². The topological polar surface area (TPSA) is 66.0 Å². The minimum atomic E-state index is -0.398. The van der Waals surface area contributed by atoms with Crippen molar-refractivity contribution in [2.24, 2.45) is 0 Å². The lowest BCUT2D eigenvalue weighted by molar-refractivity contribution is -0.117. The fourth-order valence-electron chi connectivity index (χ4n) is 1.77. The van der Waals surface area contributed by atoms with Gasteiger partial charge in [-0.25, -0.2) is 0 Å². The van der Waals surface area contributed by atoms with Crippen LogP contribution in [-0.4, -0.2) is 5.91 Å². The number of nitrogens with one attached hydrogen (secondary N) is 1. The van der Waals surface area contributed by atoms with Crippen LogP contribution in [0.4, 0.5) is 0 Å². The molecule has 2 rings (SSSR count). The molecule has 4 heteroatoms. The molecule has 1 atom stereocenters. The highest BCUT2D eigenvalue weighted by atomic mass is 16.3. The lowest BCUT2D eigenvalue weighted by Gasteiger charge is -2.13. The van der Waals surface area contributed by atoms with E-state index in [2.05, 4.69) is 5.32 Å². The zero-order valence-corrected chi connectivity index (χ0v) is 11.0. The van der Waals surface area contributed by atoms with Crippen molar-refractivity contribution in [2.75, 3.05) is 0 Å². The molecule has 0 bridgehead atoms. The summed E-state index contributed by atoms with van der Waals surface area (Å²) in [6.07, 6.45) is 4.47.